The van der Waals surface area contributed by atoms with Crippen molar-refractivity contribution in [3.8, 4) is 0 Å². The maximum Gasteiger partial charge on any atom is 0.222 e. The molecule has 0 unspecified atom stereocenters. The number of rotatable bonds is 4. The van der Waals surface area contributed by atoms with Gasteiger partial charge in [0, 0.05) is 0 Å². The number of nitrogens with two attached hydrogens (primary N) is 1. The number of nitrogen functional groups attached to an aromatic ring is 1. The molecule has 0 fully saturated rings. The predicted molar refractivity (Wildman–Crippen MR) is 84.8 cm³/mol. The van der Waals surface area contributed by atoms with Gasteiger partial charge in [-0.3, -0.25) is 0 Å². The molecule has 3 rings (SSSR count). The first-order valence-electron chi connectivity index (χ1n) is 6.88. The molecule has 4 nitrogen and oxygen atoms in total. The first kappa shape index (κ1) is 14.0. The summed E-state index contributed by atoms with van der Waals surface area (Å²) in [7, 11) is 0. The Morgan fingerprint density at radius 3 is 2.00 bits per heavy atom. The molecule has 1 heterocycles. The molecule has 3 aromatic rings. The fourth-order valence-corrected chi connectivity index (χ4v) is 2.27. The van der Waals surface area contributed by atoms with Gasteiger partial charge in [-0.15, -0.1) is 0 Å². The van der Waals surface area contributed by atoms with Crippen LogP contribution >= 0.6 is 0 Å². The minimum Gasteiger partial charge on any atom is -0.368 e. The summed E-state index contributed by atoms with van der Waals surface area (Å²) in [4.78, 5) is 7.59. The van der Waals surface area contributed by atoms with Crippen molar-refractivity contribution >= 4 is 11.8 Å². The van der Waals surface area contributed by atoms with E-state index >= 15 is 0 Å². The number of nitrogens with one attached hydrogen (secondary N) is 1. The Morgan fingerprint density at radius 2 is 1.45 bits per heavy atom. The molecule has 3 N–H and O–H groups in total. The van der Waals surface area contributed by atoms with Crippen LogP contribution in [-0.4, -0.2) is 9.97 Å². The Hall–Kier alpha value is -2.95. The van der Waals surface area contributed by atoms with Gasteiger partial charge in [-0.1, -0.05) is 60.7 Å². The SMILES string of the molecule is Nc1ncc(F)c(NC(c2ccccc2)c2ccccc2)n1. The van der Waals surface area contributed by atoms with E-state index in [4.69, 9.17) is 5.73 Å². The fourth-order valence-electron chi connectivity index (χ4n) is 2.27. The van der Waals surface area contributed by atoms with Gasteiger partial charge in [-0.05, 0) is 11.1 Å². The fraction of sp³-hybridized carbons (Fsp3) is 0.0588. The molecule has 0 aliphatic carbocycles. The van der Waals surface area contributed by atoms with E-state index in [2.05, 4.69) is 15.3 Å². The standard InChI is InChI=1S/C17H15FN4/c18-14-11-20-17(19)22-16(14)21-15(12-7-3-1-4-8-12)13-9-5-2-6-10-13/h1-11,15H,(H3,19,20,21,22). The van der Waals surface area contributed by atoms with E-state index < -0.39 is 5.82 Å². The number of nitrogens with zero attached hydrogens (tertiary/aromatic N) is 2. The third-order valence-corrected chi connectivity index (χ3v) is 3.31. The molecule has 2 aromatic carbocycles. The highest BCUT2D eigenvalue weighted by Crippen LogP contribution is 2.26. The minimum absolute atomic E-state index is 0.0313. The van der Waals surface area contributed by atoms with Crippen molar-refractivity contribution in [3.63, 3.8) is 0 Å². The summed E-state index contributed by atoms with van der Waals surface area (Å²) in [5, 5.41) is 3.11. The molecule has 0 aliphatic heterocycles. The van der Waals surface area contributed by atoms with Crippen LogP contribution in [0.25, 0.3) is 0 Å². The Balaban J connectivity index is 2.01. The van der Waals surface area contributed by atoms with Gasteiger partial charge in [-0.2, -0.15) is 4.98 Å². The van der Waals surface area contributed by atoms with Crippen molar-refractivity contribution in [3.05, 3.63) is 83.8 Å². The van der Waals surface area contributed by atoms with Gasteiger partial charge in [0.15, 0.2) is 11.6 Å². The highest BCUT2D eigenvalue weighted by Gasteiger charge is 2.16. The summed E-state index contributed by atoms with van der Waals surface area (Å²) in [5.41, 5.74) is 7.56. The van der Waals surface area contributed by atoms with Gasteiger partial charge in [0.1, 0.15) is 0 Å². The Kier molecular flexibility index (Phi) is 3.96. The quantitative estimate of drug-likeness (QED) is 0.774. The molecule has 0 radical (unpaired) electrons. The Bertz CT molecular complexity index is 708. The zero-order valence-electron chi connectivity index (χ0n) is 11.8. The normalized spacial score (nSPS) is 10.6. The Labute approximate surface area is 127 Å². The van der Waals surface area contributed by atoms with Gasteiger partial charge in [0.05, 0.1) is 12.2 Å². The molecule has 1 aromatic heterocycles. The smallest absolute Gasteiger partial charge is 0.222 e. The lowest BCUT2D eigenvalue weighted by Gasteiger charge is -2.20. The predicted octanol–water partition coefficient (Wildman–Crippen LogP) is 3.40. The van der Waals surface area contributed by atoms with Gasteiger partial charge in [0.25, 0.3) is 0 Å². The molecule has 0 bridgehead atoms. The van der Waals surface area contributed by atoms with Crippen molar-refractivity contribution in [1.29, 1.82) is 0 Å². The van der Waals surface area contributed by atoms with Gasteiger partial charge < -0.3 is 11.1 Å². The molecule has 5 heteroatoms. The van der Waals surface area contributed by atoms with Gasteiger partial charge >= 0.3 is 0 Å². The van der Waals surface area contributed by atoms with Crippen LogP contribution in [0.5, 0.6) is 0 Å². The van der Waals surface area contributed by atoms with Gasteiger partial charge in [-0.25, -0.2) is 9.37 Å². The van der Waals surface area contributed by atoms with E-state index in [9.17, 15) is 4.39 Å². The van der Waals surface area contributed by atoms with E-state index in [0.717, 1.165) is 17.3 Å². The summed E-state index contributed by atoms with van der Waals surface area (Å²) in [5.74, 6) is -0.417. The van der Waals surface area contributed by atoms with Crippen molar-refractivity contribution in [2.45, 2.75) is 6.04 Å². The molecule has 0 saturated heterocycles. The maximum atomic E-state index is 13.9. The van der Waals surface area contributed by atoms with E-state index in [0.29, 0.717) is 0 Å². The largest absolute Gasteiger partial charge is 0.368 e. The third kappa shape index (κ3) is 3.03. The van der Waals surface area contributed by atoms with Crippen molar-refractivity contribution in [2.24, 2.45) is 0 Å². The van der Waals surface area contributed by atoms with Crippen LogP contribution in [0.3, 0.4) is 0 Å². The van der Waals surface area contributed by atoms with Crippen LogP contribution in [0, 0.1) is 5.82 Å². The van der Waals surface area contributed by atoms with E-state index in [-0.39, 0.29) is 17.8 Å². The van der Waals surface area contributed by atoms with Crippen molar-refractivity contribution in [1.82, 2.24) is 9.97 Å². The second-order valence-electron chi connectivity index (χ2n) is 4.82. The minimum atomic E-state index is -0.536. The topological polar surface area (TPSA) is 63.8 Å². The first-order chi connectivity index (χ1) is 10.7. The van der Waals surface area contributed by atoms with Crippen LogP contribution < -0.4 is 11.1 Å². The molecule has 22 heavy (non-hydrogen) atoms. The third-order valence-electron chi connectivity index (χ3n) is 3.31. The molecular formula is C17H15FN4. The number of halogens is 1. The van der Waals surface area contributed by atoms with E-state index in [1.165, 1.54) is 0 Å². The van der Waals surface area contributed by atoms with E-state index in [1.807, 2.05) is 60.7 Å². The summed E-state index contributed by atoms with van der Waals surface area (Å²) >= 11 is 0. The summed E-state index contributed by atoms with van der Waals surface area (Å²) < 4.78 is 13.9. The number of hydrogen-bond donors (Lipinski definition) is 2. The average molecular weight is 294 g/mol. The highest BCUT2D eigenvalue weighted by molar-refractivity contribution is 5.46. The van der Waals surface area contributed by atoms with Crippen LogP contribution in [-0.2, 0) is 0 Å². The highest BCUT2D eigenvalue weighted by atomic mass is 19.1. The van der Waals surface area contributed by atoms with Gasteiger partial charge in [0.2, 0.25) is 5.95 Å². The Morgan fingerprint density at radius 1 is 0.909 bits per heavy atom. The number of benzene rings is 2. The molecule has 0 aliphatic rings. The van der Waals surface area contributed by atoms with Crippen LogP contribution in [0.1, 0.15) is 17.2 Å². The summed E-state index contributed by atoms with van der Waals surface area (Å²) in [6, 6.07) is 19.3. The van der Waals surface area contributed by atoms with Crippen molar-refractivity contribution < 1.29 is 4.39 Å². The molecule has 0 spiro atoms. The summed E-state index contributed by atoms with van der Waals surface area (Å²) in [6.45, 7) is 0. The number of hydrogen-bond acceptors (Lipinski definition) is 4. The second-order valence-corrected chi connectivity index (χ2v) is 4.82. The van der Waals surface area contributed by atoms with Crippen LogP contribution in [0.15, 0.2) is 66.9 Å². The first-order valence-corrected chi connectivity index (χ1v) is 6.88. The average Bonchev–Trinajstić information content (AvgIpc) is 2.57. The molecule has 0 saturated carbocycles. The van der Waals surface area contributed by atoms with Crippen LogP contribution in [0.4, 0.5) is 16.2 Å². The van der Waals surface area contributed by atoms with Crippen LogP contribution in [0.2, 0.25) is 0 Å². The van der Waals surface area contributed by atoms with Crippen molar-refractivity contribution in [2.75, 3.05) is 11.1 Å². The number of anilines is 2. The zero-order chi connectivity index (χ0) is 15.4. The second kappa shape index (κ2) is 6.22. The monoisotopic (exact) mass is 294 g/mol. The van der Waals surface area contributed by atoms with E-state index in [1.54, 1.807) is 0 Å². The lowest BCUT2D eigenvalue weighted by molar-refractivity contribution is 0.615. The number of aromatic nitrogens is 2. The lowest BCUT2D eigenvalue weighted by atomic mass is 9.99. The lowest BCUT2D eigenvalue weighted by Crippen LogP contribution is -2.15. The maximum absolute atomic E-state index is 13.9. The molecule has 110 valence electrons. The molecule has 0 amide bonds. The summed E-state index contributed by atoms with van der Waals surface area (Å²) in [6.07, 6.45) is 1.07. The molecule has 0 atom stereocenters. The molecular weight excluding hydrogens is 279 g/mol. The zero-order valence-corrected chi connectivity index (χ0v) is 11.8.